The van der Waals surface area contributed by atoms with Crippen molar-refractivity contribution in [1.29, 1.82) is 0 Å². The van der Waals surface area contributed by atoms with Crippen LogP contribution in [0.4, 0.5) is 0 Å². The van der Waals surface area contributed by atoms with Crippen LogP contribution in [0.2, 0.25) is 0 Å². The van der Waals surface area contributed by atoms with Gasteiger partial charge in [-0.25, -0.2) is 5.48 Å². The van der Waals surface area contributed by atoms with Crippen LogP contribution in [0.15, 0.2) is 0 Å². The SMILES string of the molecule is CCONC(=O)C1(C)CCOCC1. The van der Waals surface area contributed by atoms with Crippen LogP contribution in [-0.4, -0.2) is 25.7 Å². The van der Waals surface area contributed by atoms with Gasteiger partial charge in [0.25, 0.3) is 0 Å². The van der Waals surface area contributed by atoms with Crippen LogP contribution >= 0.6 is 0 Å². The fraction of sp³-hybridized carbons (Fsp3) is 0.889. The van der Waals surface area contributed by atoms with Gasteiger partial charge in [-0.2, -0.15) is 0 Å². The van der Waals surface area contributed by atoms with Crippen molar-refractivity contribution in [2.24, 2.45) is 5.41 Å². The maximum Gasteiger partial charge on any atom is 0.249 e. The first kappa shape index (κ1) is 10.5. The number of nitrogens with one attached hydrogen (secondary N) is 1. The van der Waals surface area contributed by atoms with Crippen LogP contribution in [0.3, 0.4) is 0 Å². The smallest absolute Gasteiger partial charge is 0.249 e. The van der Waals surface area contributed by atoms with Crippen molar-refractivity contribution in [3.8, 4) is 0 Å². The van der Waals surface area contributed by atoms with Crippen molar-refractivity contribution in [3.05, 3.63) is 0 Å². The third-order valence-corrected chi connectivity index (χ3v) is 2.45. The molecule has 76 valence electrons. The van der Waals surface area contributed by atoms with Gasteiger partial charge in [-0.3, -0.25) is 9.63 Å². The molecule has 1 saturated heterocycles. The Labute approximate surface area is 78.5 Å². The molecule has 0 saturated carbocycles. The Morgan fingerprint density at radius 2 is 2.15 bits per heavy atom. The zero-order valence-electron chi connectivity index (χ0n) is 8.26. The van der Waals surface area contributed by atoms with E-state index in [1.165, 1.54) is 0 Å². The fourth-order valence-corrected chi connectivity index (χ4v) is 1.31. The minimum Gasteiger partial charge on any atom is -0.381 e. The second kappa shape index (κ2) is 4.58. The van der Waals surface area contributed by atoms with E-state index in [0.29, 0.717) is 19.8 Å². The number of hydroxylamine groups is 1. The van der Waals surface area contributed by atoms with Crippen LogP contribution in [-0.2, 0) is 14.4 Å². The van der Waals surface area contributed by atoms with Crippen molar-refractivity contribution >= 4 is 5.91 Å². The minimum atomic E-state index is -0.312. The monoisotopic (exact) mass is 187 g/mol. The van der Waals surface area contributed by atoms with Crippen LogP contribution in [0, 0.1) is 5.41 Å². The number of carbonyl (C=O) groups excluding carboxylic acids is 1. The highest BCUT2D eigenvalue weighted by Crippen LogP contribution is 2.29. The van der Waals surface area contributed by atoms with Gasteiger partial charge < -0.3 is 4.74 Å². The summed E-state index contributed by atoms with van der Waals surface area (Å²) in [5, 5.41) is 0. The normalized spacial score (nSPS) is 21.1. The number of rotatable bonds is 3. The predicted octanol–water partition coefficient (Wildman–Crippen LogP) is 0.871. The van der Waals surface area contributed by atoms with Gasteiger partial charge in [-0.05, 0) is 19.8 Å². The van der Waals surface area contributed by atoms with Crippen molar-refractivity contribution in [1.82, 2.24) is 5.48 Å². The van der Waals surface area contributed by atoms with E-state index in [9.17, 15) is 4.79 Å². The van der Waals surface area contributed by atoms with E-state index in [1.807, 2.05) is 13.8 Å². The molecule has 0 aromatic heterocycles. The molecule has 0 spiro atoms. The maximum absolute atomic E-state index is 11.6. The summed E-state index contributed by atoms with van der Waals surface area (Å²) in [6, 6.07) is 0. The number of hydrogen-bond donors (Lipinski definition) is 1. The number of hydrogen-bond acceptors (Lipinski definition) is 3. The molecule has 0 aliphatic carbocycles. The summed E-state index contributed by atoms with van der Waals surface area (Å²) in [4.78, 5) is 16.5. The van der Waals surface area contributed by atoms with Crippen molar-refractivity contribution in [3.63, 3.8) is 0 Å². The third kappa shape index (κ3) is 2.67. The lowest BCUT2D eigenvalue weighted by Crippen LogP contribution is -2.42. The second-order valence-electron chi connectivity index (χ2n) is 3.54. The van der Waals surface area contributed by atoms with Gasteiger partial charge in [-0.15, -0.1) is 0 Å². The molecule has 0 atom stereocenters. The lowest BCUT2D eigenvalue weighted by Gasteiger charge is -2.31. The highest BCUT2D eigenvalue weighted by molar-refractivity contribution is 5.81. The number of carbonyl (C=O) groups is 1. The zero-order valence-corrected chi connectivity index (χ0v) is 8.26. The molecule has 1 heterocycles. The van der Waals surface area contributed by atoms with Gasteiger partial charge in [0.2, 0.25) is 5.91 Å². The molecule has 1 fully saturated rings. The standard InChI is InChI=1S/C9H17NO3/c1-3-13-10-8(11)9(2)4-6-12-7-5-9/h3-7H2,1-2H3,(H,10,11). The molecular formula is C9H17NO3. The van der Waals surface area contributed by atoms with E-state index in [0.717, 1.165) is 12.8 Å². The summed E-state index contributed by atoms with van der Waals surface area (Å²) in [5.41, 5.74) is 2.14. The first-order valence-electron chi connectivity index (χ1n) is 4.69. The molecule has 1 aliphatic rings. The molecule has 0 aromatic carbocycles. The fourth-order valence-electron chi connectivity index (χ4n) is 1.31. The topological polar surface area (TPSA) is 47.6 Å². The summed E-state index contributed by atoms with van der Waals surface area (Å²) in [6.07, 6.45) is 1.54. The van der Waals surface area contributed by atoms with E-state index in [2.05, 4.69) is 5.48 Å². The van der Waals surface area contributed by atoms with Crippen molar-refractivity contribution in [2.45, 2.75) is 26.7 Å². The van der Waals surface area contributed by atoms with Gasteiger partial charge in [-0.1, -0.05) is 6.92 Å². The molecule has 13 heavy (non-hydrogen) atoms. The van der Waals surface area contributed by atoms with Gasteiger partial charge in [0.1, 0.15) is 0 Å². The number of amides is 1. The molecule has 4 heteroatoms. The quantitative estimate of drug-likeness (QED) is 0.667. The van der Waals surface area contributed by atoms with Gasteiger partial charge in [0, 0.05) is 13.2 Å². The van der Waals surface area contributed by atoms with Crippen LogP contribution in [0.5, 0.6) is 0 Å². The summed E-state index contributed by atoms with van der Waals surface area (Å²) in [7, 11) is 0. The highest BCUT2D eigenvalue weighted by atomic mass is 16.6. The van der Waals surface area contributed by atoms with E-state index in [-0.39, 0.29) is 11.3 Å². The summed E-state index contributed by atoms with van der Waals surface area (Å²) < 4.78 is 5.20. The molecule has 0 bridgehead atoms. The zero-order chi connectivity index (χ0) is 9.73. The molecular weight excluding hydrogens is 170 g/mol. The molecule has 1 aliphatic heterocycles. The van der Waals surface area contributed by atoms with E-state index < -0.39 is 0 Å². The molecule has 1 amide bonds. The van der Waals surface area contributed by atoms with Crippen LogP contribution in [0.25, 0.3) is 0 Å². The first-order valence-corrected chi connectivity index (χ1v) is 4.69. The van der Waals surface area contributed by atoms with E-state index >= 15 is 0 Å². The minimum absolute atomic E-state index is 0.0300. The van der Waals surface area contributed by atoms with Gasteiger partial charge >= 0.3 is 0 Å². The first-order chi connectivity index (χ1) is 6.19. The average molecular weight is 187 g/mol. The number of ether oxygens (including phenoxy) is 1. The van der Waals surface area contributed by atoms with Gasteiger partial charge in [0.15, 0.2) is 0 Å². The molecule has 0 unspecified atom stereocenters. The Hall–Kier alpha value is -0.610. The van der Waals surface area contributed by atoms with Gasteiger partial charge in [0.05, 0.1) is 12.0 Å². The Kier molecular flexibility index (Phi) is 3.69. The third-order valence-electron chi connectivity index (χ3n) is 2.45. The Morgan fingerprint density at radius 3 is 2.69 bits per heavy atom. The van der Waals surface area contributed by atoms with E-state index in [1.54, 1.807) is 0 Å². The maximum atomic E-state index is 11.6. The summed E-state index contributed by atoms with van der Waals surface area (Å²) in [5.74, 6) is -0.0300. The van der Waals surface area contributed by atoms with Crippen molar-refractivity contribution in [2.75, 3.05) is 19.8 Å². The molecule has 1 rings (SSSR count). The largest absolute Gasteiger partial charge is 0.381 e. The predicted molar refractivity (Wildman–Crippen MR) is 47.9 cm³/mol. The van der Waals surface area contributed by atoms with Crippen LogP contribution in [0.1, 0.15) is 26.7 Å². The molecule has 4 nitrogen and oxygen atoms in total. The average Bonchev–Trinajstić information content (AvgIpc) is 2.15. The second-order valence-corrected chi connectivity index (χ2v) is 3.54. The molecule has 0 radical (unpaired) electrons. The Balaban J connectivity index is 2.42. The van der Waals surface area contributed by atoms with E-state index in [4.69, 9.17) is 9.57 Å². The molecule has 0 aromatic rings. The van der Waals surface area contributed by atoms with Crippen LogP contribution < -0.4 is 5.48 Å². The summed E-state index contributed by atoms with van der Waals surface area (Å²) >= 11 is 0. The summed E-state index contributed by atoms with van der Waals surface area (Å²) in [6.45, 7) is 5.61. The highest BCUT2D eigenvalue weighted by Gasteiger charge is 2.35. The lowest BCUT2D eigenvalue weighted by atomic mass is 9.82. The Morgan fingerprint density at radius 1 is 1.54 bits per heavy atom. The Bertz CT molecular complexity index is 176. The van der Waals surface area contributed by atoms with Crippen molar-refractivity contribution < 1.29 is 14.4 Å². The molecule has 1 N–H and O–H groups in total. The lowest BCUT2D eigenvalue weighted by molar-refractivity contribution is -0.148.